The third-order valence-electron chi connectivity index (χ3n) is 5.46. The van der Waals surface area contributed by atoms with Crippen LogP contribution in [0.25, 0.3) is 0 Å². The van der Waals surface area contributed by atoms with Crippen LogP contribution in [0.2, 0.25) is 5.15 Å². The molecule has 0 bridgehead atoms. The number of carbonyl (C=O) groups excluding carboxylic acids is 3. The summed E-state index contributed by atoms with van der Waals surface area (Å²) in [5, 5.41) is 8.31. The van der Waals surface area contributed by atoms with Crippen molar-refractivity contribution in [2.24, 2.45) is 0 Å². The first-order valence-corrected chi connectivity index (χ1v) is 10.5. The van der Waals surface area contributed by atoms with Crippen LogP contribution in [0.3, 0.4) is 0 Å². The summed E-state index contributed by atoms with van der Waals surface area (Å²) in [4.78, 5) is 42.8. The molecule has 10 heteroatoms. The van der Waals surface area contributed by atoms with E-state index in [2.05, 4.69) is 15.1 Å². The highest BCUT2D eigenvalue weighted by Crippen LogP contribution is 2.27. The second-order valence-electron chi connectivity index (χ2n) is 7.29. The molecule has 2 saturated heterocycles. The lowest BCUT2D eigenvalue weighted by Gasteiger charge is -2.37. The zero-order valence-corrected chi connectivity index (χ0v) is 17.8. The number of hydrogen-bond donors (Lipinski definition) is 0. The largest absolute Gasteiger partial charge is 0.462 e. The molecule has 4 rings (SSSR count). The molecule has 2 amide bonds. The van der Waals surface area contributed by atoms with E-state index in [0.717, 1.165) is 5.82 Å². The summed E-state index contributed by atoms with van der Waals surface area (Å²) in [7, 11) is 0. The van der Waals surface area contributed by atoms with Crippen LogP contribution >= 0.6 is 11.6 Å². The second kappa shape index (κ2) is 8.99. The predicted molar refractivity (Wildman–Crippen MR) is 114 cm³/mol. The average Bonchev–Trinajstić information content (AvgIpc) is 3.08. The van der Waals surface area contributed by atoms with Crippen molar-refractivity contribution in [1.82, 2.24) is 15.1 Å². The second-order valence-corrected chi connectivity index (χ2v) is 7.68. The third kappa shape index (κ3) is 4.38. The van der Waals surface area contributed by atoms with Crippen LogP contribution in [0.4, 0.5) is 11.5 Å². The Morgan fingerprint density at radius 2 is 1.77 bits per heavy atom. The smallest absolute Gasteiger partial charge is 0.338 e. The summed E-state index contributed by atoms with van der Waals surface area (Å²) in [5.41, 5.74) is 0.836. The molecule has 2 fully saturated rings. The lowest BCUT2D eigenvalue weighted by atomic mass is 10.1. The minimum Gasteiger partial charge on any atom is -0.462 e. The monoisotopic (exact) mass is 443 g/mol. The van der Waals surface area contributed by atoms with Crippen molar-refractivity contribution in [1.29, 1.82) is 0 Å². The van der Waals surface area contributed by atoms with Crippen LogP contribution < -0.4 is 9.80 Å². The van der Waals surface area contributed by atoms with Gasteiger partial charge in [-0.25, -0.2) is 9.69 Å². The van der Waals surface area contributed by atoms with E-state index in [4.69, 9.17) is 16.3 Å². The Morgan fingerprint density at radius 1 is 1.06 bits per heavy atom. The molecule has 2 aromatic rings. The fraction of sp³-hybridized carbons (Fsp3) is 0.381. The summed E-state index contributed by atoms with van der Waals surface area (Å²) in [6.45, 7) is 4.61. The Labute approximate surface area is 184 Å². The minimum atomic E-state index is -0.490. The van der Waals surface area contributed by atoms with E-state index in [1.807, 2.05) is 11.0 Å². The van der Waals surface area contributed by atoms with Crippen molar-refractivity contribution in [2.75, 3.05) is 42.6 Å². The van der Waals surface area contributed by atoms with Crippen molar-refractivity contribution in [3.05, 3.63) is 47.1 Å². The van der Waals surface area contributed by atoms with Crippen LogP contribution in [0.1, 0.15) is 23.7 Å². The fourth-order valence-corrected chi connectivity index (χ4v) is 3.97. The molecule has 0 radical (unpaired) electrons. The first-order chi connectivity index (χ1) is 15.0. The first kappa shape index (κ1) is 21.2. The third-order valence-corrected chi connectivity index (χ3v) is 5.66. The molecule has 3 heterocycles. The van der Waals surface area contributed by atoms with Crippen LogP contribution in [0, 0.1) is 0 Å². The maximum Gasteiger partial charge on any atom is 0.338 e. The Bertz CT molecular complexity index is 974. The van der Waals surface area contributed by atoms with E-state index in [0.29, 0.717) is 42.6 Å². The molecule has 2 aliphatic rings. The molecule has 0 N–H and O–H groups in total. The fourth-order valence-electron chi connectivity index (χ4n) is 3.87. The number of amides is 2. The van der Waals surface area contributed by atoms with Crippen molar-refractivity contribution in [3.63, 3.8) is 0 Å². The Balaban J connectivity index is 1.40. The van der Waals surface area contributed by atoms with Crippen LogP contribution in [0.5, 0.6) is 0 Å². The number of carbonyl (C=O) groups is 3. The molecule has 0 aliphatic carbocycles. The topological polar surface area (TPSA) is 95.9 Å². The molecule has 31 heavy (non-hydrogen) atoms. The Kier molecular flexibility index (Phi) is 6.15. The normalized spacial score (nSPS) is 19.7. The van der Waals surface area contributed by atoms with E-state index >= 15 is 0 Å². The molecular formula is C21H22ClN5O4. The Hall–Kier alpha value is -3.04. The molecule has 162 valence electrons. The highest BCUT2D eigenvalue weighted by Gasteiger charge is 2.43. The molecule has 0 saturated carbocycles. The molecule has 2 aliphatic heterocycles. The van der Waals surface area contributed by atoms with Crippen molar-refractivity contribution >= 4 is 40.9 Å². The molecule has 1 atom stereocenters. The number of halogens is 1. The predicted octanol–water partition coefficient (Wildman–Crippen LogP) is 1.76. The number of benzene rings is 1. The van der Waals surface area contributed by atoms with Gasteiger partial charge in [0.25, 0.3) is 5.91 Å². The summed E-state index contributed by atoms with van der Waals surface area (Å²) >= 11 is 5.79. The molecule has 1 unspecified atom stereocenters. The van der Waals surface area contributed by atoms with Gasteiger partial charge < -0.3 is 9.64 Å². The molecule has 1 aromatic carbocycles. The lowest BCUT2D eigenvalue weighted by Crippen LogP contribution is -2.52. The summed E-state index contributed by atoms with van der Waals surface area (Å²) in [5.74, 6) is -0.186. The molecular weight excluding hydrogens is 422 g/mol. The molecule has 1 aromatic heterocycles. The number of imide groups is 1. The van der Waals surface area contributed by atoms with Gasteiger partial charge in [0.2, 0.25) is 5.91 Å². The van der Waals surface area contributed by atoms with Gasteiger partial charge in [-0.15, -0.1) is 10.2 Å². The van der Waals surface area contributed by atoms with E-state index in [9.17, 15) is 14.4 Å². The quantitative estimate of drug-likeness (QED) is 0.509. The van der Waals surface area contributed by atoms with Gasteiger partial charge in [-0.1, -0.05) is 11.6 Å². The number of anilines is 2. The number of nitrogens with zero attached hydrogens (tertiary/aromatic N) is 5. The number of hydrogen-bond acceptors (Lipinski definition) is 8. The van der Waals surface area contributed by atoms with Gasteiger partial charge in [-0.2, -0.15) is 0 Å². The van der Waals surface area contributed by atoms with Gasteiger partial charge in [0.1, 0.15) is 0 Å². The number of ether oxygens (including phenoxy) is 1. The van der Waals surface area contributed by atoms with E-state index < -0.39 is 12.0 Å². The van der Waals surface area contributed by atoms with Crippen LogP contribution in [-0.4, -0.2) is 71.7 Å². The van der Waals surface area contributed by atoms with Gasteiger partial charge in [-0.3, -0.25) is 14.5 Å². The van der Waals surface area contributed by atoms with Crippen molar-refractivity contribution in [2.45, 2.75) is 19.4 Å². The van der Waals surface area contributed by atoms with Crippen LogP contribution in [-0.2, 0) is 14.3 Å². The first-order valence-electron chi connectivity index (χ1n) is 10.1. The number of piperazine rings is 1. The van der Waals surface area contributed by atoms with Gasteiger partial charge in [0, 0.05) is 26.2 Å². The number of aromatic nitrogens is 2. The van der Waals surface area contributed by atoms with Gasteiger partial charge in [-0.05, 0) is 43.3 Å². The number of rotatable bonds is 5. The average molecular weight is 444 g/mol. The number of esters is 1. The van der Waals surface area contributed by atoms with E-state index in [1.165, 1.54) is 4.90 Å². The minimum absolute atomic E-state index is 0.138. The Morgan fingerprint density at radius 3 is 2.39 bits per heavy atom. The van der Waals surface area contributed by atoms with E-state index in [-0.39, 0.29) is 24.8 Å². The SMILES string of the molecule is CCOC(=O)c1ccc(N2C(=O)CC(N3CCN(c4ccc(Cl)nn4)CC3)C2=O)cc1. The highest BCUT2D eigenvalue weighted by atomic mass is 35.5. The summed E-state index contributed by atoms with van der Waals surface area (Å²) in [6, 6.07) is 9.34. The van der Waals surface area contributed by atoms with Gasteiger partial charge in [0.05, 0.1) is 30.3 Å². The van der Waals surface area contributed by atoms with Crippen molar-refractivity contribution in [3.8, 4) is 0 Å². The highest BCUT2D eigenvalue weighted by molar-refractivity contribution is 6.29. The zero-order chi connectivity index (χ0) is 22.0. The van der Waals surface area contributed by atoms with Gasteiger partial charge in [0.15, 0.2) is 11.0 Å². The molecule has 0 spiro atoms. The standard InChI is InChI=1S/C21H22ClN5O4/c1-2-31-21(30)14-3-5-15(6-4-14)27-19(28)13-16(20(27)29)25-9-11-26(12-10-25)18-8-7-17(22)23-24-18/h3-8,16H,2,9-13H2,1H3. The van der Waals surface area contributed by atoms with Gasteiger partial charge >= 0.3 is 5.97 Å². The maximum atomic E-state index is 13.0. The van der Waals surface area contributed by atoms with Crippen LogP contribution in [0.15, 0.2) is 36.4 Å². The van der Waals surface area contributed by atoms with E-state index in [1.54, 1.807) is 37.3 Å². The summed E-state index contributed by atoms with van der Waals surface area (Å²) in [6.07, 6.45) is 0.138. The molecule has 9 nitrogen and oxygen atoms in total. The zero-order valence-electron chi connectivity index (χ0n) is 17.0. The van der Waals surface area contributed by atoms with Crippen molar-refractivity contribution < 1.29 is 19.1 Å². The lowest BCUT2D eigenvalue weighted by molar-refractivity contribution is -0.123. The summed E-state index contributed by atoms with van der Waals surface area (Å²) < 4.78 is 4.97. The maximum absolute atomic E-state index is 13.0.